The minimum absolute atomic E-state index is 0.0669. The van der Waals surface area contributed by atoms with Crippen molar-refractivity contribution in [2.45, 2.75) is 32.4 Å². The van der Waals surface area contributed by atoms with Crippen LogP contribution in [0, 0.1) is 0 Å². The largest absolute Gasteiger partial charge is 0.490 e. The lowest BCUT2D eigenvalue weighted by Crippen LogP contribution is -2.51. The molecule has 1 aromatic rings. The van der Waals surface area contributed by atoms with Crippen LogP contribution in [-0.2, 0) is 4.74 Å². The molecule has 19 heavy (non-hydrogen) atoms. The summed E-state index contributed by atoms with van der Waals surface area (Å²) in [5.41, 5.74) is 5.70. The van der Waals surface area contributed by atoms with E-state index in [1.165, 1.54) is 0 Å². The zero-order valence-electron chi connectivity index (χ0n) is 11.7. The van der Waals surface area contributed by atoms with Crippen molar-refractivity contribution in [3.63, 3.8) is 0 Å². The van der Waals surface area contributed by atoms with E-state index in [0.29, 0.717) is 19.8 Å². The summed E-state index contributed by atoms with van der Waals surface area (Å²) in [6.45, 7) is 6.89. The molecule has 0 aromatic carbocycles. The summed E-state index contributed by atoms with van der Waals surface area (Å²) in [4.78, 5) is 6.71. The molecule has 1 saturated heterocycles. The number of aromatic nitrogens is 1. The Morgan fingerprint density at radius 1 is 1.58 bits per heavy atom. The van der Waals surface area contributed by atoms with Gasteiger partial charge in [0.2, 0.25) is 0 Å². The van der Waals surface area contributed by atoms with Crippen molar-refractivity contribution in [1.29, 1.82) is 0 Å². The second kappa shape index (κ2) is 6.73. The number of hydrogen-bond donors (Lipinski definition) is 1. The lowest BCUT2D eigenvalue weighted by molar-refractivity contribution is 0.0277. The number of morpholine rings is 1. The second-order valence-corrected chi connectivity index (χ2v) is 4.87. The molecule has 0 radical (unpaired) electrons. The molecule has 1 aliphatic rings. The van der Waals surface area contributed by atoms with E-state index in [-0.39, 0.29) is 12.1 Å². The molecular formula is C14H23N3O2. The lowest BCUT2D eigenvalue weighted by atomic mass is 10.2. The number of hydrogen-bond acceptors (Lipinski definition) is 5. The van der Waals surface area contributed by atoms with Crippen molar-refractivity contribution in [3.05, 3.63) is 18.3 Å². The van der Waals surface area contributed by atoms with E-state index in [1.54, 1.807) is 6.20 Å². The molecular weight excluding hydrogens is 242 g/mol. The van der Waals surface area contributed by atoms with Gasteiger partial charge in [-0.1, -0.05) is 6.92 Å². The minimum Gasteiger partial charge on any atom is -0.490 e. The molecule has 5 nitrogen and oxygen atoms in total. The van der Waals surface area contributed by atoms with E-state index in [1.807, 2.05) is 12.1 Å². The van der Waals surface area contributed by atoms with Crippen LogP contribution in [-0.4, -0.2) is 43.4 Å². The van der Waals surface area contributed by atoms with Gasteiger partial charge < -0.3 is 20.1 Å². The maximum absolute atomic E-state index is 5.78. The van der Waals surface area contributed by atoms with Crippen LogP contribution in [0.1, 0.15) is 20.3 Å². The Hall–Kier alpha value is -1.33. The van der Waals surface area contributed by atoms with Gasteiger partial charge in [0.15, 0.2) is 11.6 Å². The maximum atomic E-state index is 5.78. The summed E-state index contributed by atoms with van der Waals surface area (Å²) < 4.78 is 11.5. The zero-order valence-corrected chi connectivity index (χ0v) is 11.7. The first-order valence-corrected chi connectivity index (χ1v) is 6.92. The molecule has 1 aliphatic heterocycles. The molecule has 2 unspecified atom stereocenters. The summed E-state index contributed by atoms with van der Waals surface area (Å²) >= 11 is 0. The third kappa shape index (κ3) is 3.36. The highest BCUT2D eigenvalue weighted by Gasteiger charge is 2.28. The van der Waals surface area contributed by atoms with Crippen molar-refractivity contribution in [2.75, 3.05) is 31.2 Å². The Balaban J connectivity index is 2.18. The molecule has 1 aromatic heterocycles. The van der Waals surface area contributed by atoms with E-state index in [0.717, 1.165) is 24.5 Å². The fourth-order valence-corrected chi connectivity index (χ4v) is 2.18. The van der Waals surface area contributed by atoms with Gasteiger partial charge in [-0.2, -0.15) is 0 Å². The molecule has 2 atom stereocenters. The van der Waals surface area contributed by atoms with Gasteiger partial charge in [-0.3, -0.25) is 0 Å². The van der Waals surface area contributed by atoms with Crippen molar-refractivity contribution in [3.8, 4) is 5.75 Å². The number of ether oxygens (including phenoxy) is 2. The SMILES string of the molecule is CCCOc1cccnc1N1CC(CN)OCC1C. The number of nitrogens with zero attached hydrogens (tertiary/aromatic N) is 2. The summed E-state index contributed by atoms with van der Waals surface area (Å²) in [6, 6.07) is 4.15. The smallest absolute Gasteiger partial charge is 0.171 e. The summed E-state index contributed by atoms with van der Waals surface area (Å²) in [6.07, 6.45) is 2.85. The van der Waals surface area contributed by atoms with Crippen LogP contribution in [0.2, 0.25) is 0 Å². The van der Waals surface area contributed by atoms with Crippen molar-refractivity contribution < 1.29 is 9.47 Å². The number of anilines is 1. The Bertz CT molecular complexity index is 400. The van der Waals surface area contributed by atoms with Crippen LogP contribution in [0.4, 0.5) is 5.82 Å². The van der Waals surface area contributed by atoms with Gasteiger partial charge in [0.25, 0.3) is 0 Å². The van der Waals surface area contributed by atoms with Crippen LogP contribution in [0.3, 0.4) is 0 Å². The van der Waals surface area contributed by atoms with E-state index in [9.17, 15) is 0 Å². The Kier molecular flexibility index (Phi) is 4.99. The Morgan fingerprint density at radius 2 is 2.42 bits per heavy atom. The summed E-state index contributed by atoms with van der Waals surface area (Å²) in [7, 11) is 0. The Morgan fingerprint density at radius 3 is 3.16 bits per heavy atom. The molecule has 106 valence electrons. The van der Waals surface area contributed by atoms with Gasteiger partial charge in [0, 0.05) is 19.3 Å². The monoisotopic (exact) mass is 265 g/mol. The van der Waals surface area contributed by atoms with Gasteiger partial charge in [-0.05, 0) is 25.5 Å². The maximum Gasteiger partial charge on any atom is 0.171 e. The van der Waals surface area contributed by atoms with E-state index in [2.05, 4.69) is 23.7 Å². The molecule has 2 N–H and O–H groups in total. The first-order chi connectivity index (χ1) is 9.26. The summed E-state index contributed by atoms with van der Waals surface area (Å²) in [5.74, 6) is 1.74. The van der Waals surface area contributed by atoms with Crippen LogP contribution in [0.5, 0.6) is 5.75 Å². The average molecular weight is 265 g/mol. The molecule has 0 saturated carbocycles. The van der Waals surface area contributed by atoms with Gasteiger partial charge >= 0.3 is 0 Å². The molecule has 0 aliphatic carbocycles. The number of pyridine rings is 1. The number of rotatable bonds is 5. The van der Waals surface area contributed by atoms with Crippen LogP contribution < -0.4 is 15.4 Å². The average Bonchev–Trinajstić information content (AvgIpc) is 2.46. The van der Waals surface area contributed by atoms with Gasteiger partial charge in [0.1, 0.15) is 0 Å². The molecule has 5 heteroatoms. The molecule has 1 fully saturated rings. The van der Waals surface area contributed by atoms with Gasteiger partial charge in [0.05, 0.1) is 25.4 Å². The van der Waals surface area contributed by atoms with Crippen LogP contribution in [0.25, 0.3) is 0 Å². The van der Waals surface area contributed by atoms with Gasteiger partial charge in [-0.25, -0.2) is 4.98 Å². The lowest BCUT2D eigenvalue weighted by Gasteiger charge is -2.38. The van der Waals surface area contributed by atoms with E-state index < -0.39 is 0 Å². The zero-order chi connectivity index (χ0) is 13.7. The van der Waals surface area contributed by atoms with Gasteiger partial charge in [-0.15, -0.1) is 0 Å². The van der Waals surface area contributed by atoms with Crippen molar-refractivity contribution in [1.82, 2.24) is 4.98 Å². The number of nitrogens with two attached hydrogens (primary N) is 1. The predicted octanol–water partition coefficient (Wildman–Crippen LogP) is 1.42. The molecule has 2 heterocycles. The first-order valence-electron chi connectivity index (χ1n) is 6.92. The van der Waals surface area contributed by atoms with E-state index >= 15 is 0 Å². The highest BCUT2D eigenvalue weighted by atomic mass is 16.5. The second-order valence-electron chi connectivity index (χ2n) is 4.87. The standard InChI is InChI=1S/C14H23N3O2/c1-3-7-18-13-5-4-6-16-14(13)17-9-12(8-15)19-10-11(17)2/h4-6,11-12H,3,7-10,15H2,1-2H3. The topological polar surface area (TPSA) is 60.6 Å². The normalized spacial score (nSPS) is 23.4. The molecule has 0 amide bonds. The molecule has 0 bridgehead atoms. The third-order valence-electron chi connectivity index (χ3n) is 3.25. The predicted molar refractivity (Wildman–Crippen MR) is 75.6 cm³/mol. The highest BCUT2D eigenvalue weighted by Crippen LogP contribution is 2.29. The van der Waals surface area contributed by atoms with Crippen LogP contribution in [0.15, 0.2) is 18.3 Å². The minimum atomic E-state index is 0.0669. The van der Waals surface area contributed by atoms with E-state index in [4.69, 9.17) is 15.2 Å². The molecule has 0 spiro atoms. The third-order valence-corrected chi connectivity index (χ3v) is 3.25. The van der Waals surface area contributed by atoms with Crippen molar-refractivity contribution >= 4 is 5.82 Å². The Labute approximate surface area is 114 Å². The van der Waals surface area contributed by atoms with Crippen molar-refractivity contribution in [2.24, 2.45) is 5.73 Å². The van der Waals surface area contributed by atoms with Crippen LogP contribution >= 0.6 is 0 Å². The summed E-state index contributed by atoms with van der Waals surface area (Å²) in [5, 5.41) is 0. The first kappa shape index (κ1) is 14.1. The molecule has 2 rings (SSSR count). The fraction of sp³-hybridized carbons (Fsp3) is 0.643. The fourth-order valence-electron chi connectivity index (χ4n) is 2.18. The quantitative estimate of drug-likeness (QED) is 0.872. The highest BCUT2D eigenvalue weighted by molar-refractivity contribution is 5.53.